The van der Waals surface area contributed by atoms with Gasteiger partial charge in [-0.15, -0.1) is 0 Å². The summed E-state index contributed by atoms with van der Waals surface area (Å²) in [7, 11) is 1.39. The van der Waals surface area contributed by atoms with E-state index >= 15 is 0 Å². The SMILES string of the molecule is COC(=O)c1ccc(N2CC[NH+](C[C@H](O)COc3cccc(C)c3)CC2)cc1. The molecular formula is C22H29N2O4+. The van der Waals surface area contributed by atoms with Gasteiger partial charge in [-0.25, -0.2) is 4.79 Å². The lowest BCUT2D eigenvalue weighted by Crippen LogP contribution is -3.16. The van der Waals surface area contributed by atoms with Crippen LogP contribution in [0.1, 0.15) is 15.9 Å². The van der Waals surface area contributed by atoms with Crippen LogP contribution in [0.25, 0.3) is 0 Å². The van der Waals surface area contributed by atoms with Crippen LogP contribution < -0.4 is 14.5 Å². The Morgan fingerprint density at radius 3 is 2.54 bits per heavy atom. The van der Waals surface area contributed by atoms with Gasteiger partial charge in [0.25, 0.3) is 0 Å². The van der Waals surface area contributed by atoms with Crippen LogP contribution >= 0.6 is 0 Å². The van der Waals surface area contributed by atoms with E-state index in [0.717, 1.165) is 43.2 Å². The molecule has 0 unspecified atom stereocenters. The maximum atomic E-state index is 11.5. The summed E-state index contributed by atoms with van der Waals surface area (Å²) in [5.74, 6) is 0.483. The number of methoxy groups -OCH3 is 1. The highest BCUT2D eigenvalue weighted by Gasteiger charge is 2.23. The number of hydrogen-bond donors (Lipinski definition) is 2. The number of aliphatic hydroxyl groups is 1. The maximum absolute atomic E-state index is 11.5. The minimum atomic E-state index is -0.485. The Morgan fingerprint density at radius 1 is 1.18 bits per heavy atom. The molecule has 1 atom stereocenters. The van der Waals surface area contributed by atoms with E-state index in [0.29, 0.717) is 18.7 Å². The largest absolute Gasteiger partial charge is 0.491 e. The highest BCUT2D eigenvalue weighted by atomic mass is 16.5. The minimum Gasteiger partial charge on any atom is -0.491 e. The molecule has 0 aliphatic carbocycles. The van der Waals surface area contributed by atoms with Crippen LogP contribution in [0.2, 0.25) is 0 Å². The van der Waals surface area contributed by atoms with Gasteiger partial charge in [-0.05, 0) is 48.9 Å². The van der Waals surface area contributed by atoms with Crippen LogP contribution in [-0.2, 0) is 4.74 Å². The fourth-order valence-corrected chi connectivity index (χ4v) is 3.50. The molecule has 0 saturated carbocycles. The molecule has 150 valence electrons. The summed E-state index contributed by atoms with van der Waals surface area (Å²) >= 11 is 0. The molecule has 0 aromatic heterocycles. The molecule has 0 spiro atoms. The number of benzene rings is 2. The predicted octanol–water partition coefficient (Wildman–Crippen LogP) is 0.926. The van der Waals surface area contributed by atoms with Crippen molar-refractivity contribution in [3.05, 3.63) is 59.7 Å². The molecule has 28 heavy (non-hydrogen) atoms. The number of aryl methyl sites for hydroxylation is 1. The lowest BCUT2D eigenvalue weighted by Gasteiger charge is -2.34. The average molecular weight is 385 g/mol. The molecule has 0 bridgehead atoms. The highest BCUT2D eigenvalue weighted by Crippen LogP contribution is 2.16. The van der Waals surface area contributed by atoms with Crippen LogP contribution in [0.15, 0.2) is 48.5 Å². The van der Waals surface area contributed by atoms with Gasteiger partial charge in [-0.2, -0.15) is 0 Å². The van der Waals surface area contributed by atoms with Crippen LogP contribution in [0.4, 0.5) is 5.69 Å². The maximum Gasteiger partial charge on any atom is 0.337 e. The minimum absolute atomic E-state index is 0.311. The van der Waals surface area contributed by atoms with Crippen molar-refractivity contribution in [2.45, 2.75) is 13.0 Å². The monoisotopic (exact) mass is 385 g/mol. The number of nitrogens with one attached hydrogen (secondary N) is 1. The number of carbonyl (C=O) groups excluding carboxylic acids is 1. The fourth-order valence-electron chi connectivity index (χ4n) is 3.50. The Labute approximate surface area is 166 Å². The molecule has 1 heterocycles. The molecule has 6 heteroatoms. The van der Waals surface area contributed by atoms with Crippen LogP contribution in [0.3, 0.4) is 0 Å². The van der Waals surface area contributed by atoms with Crippen molar-refractivity contribution >= 4 is 11.7 Å². The topological polar surface area (TPSA) is 63.4 Å². The normalized spacial score (nSPS) is 15.9. The van der Waals surface area contributed by atoms with Crippen molar-refractivity contribution in [1.29, 1.82) is 0 Å². The molecule has 2 aromatic carbocycles. The number of carbonyl (C=O) groups is 1. The smallest absolute Gasteiger partial charge is 0.337 e. The Hall–Kier alpha value is -2.57. The summed E-state index contributed by atoms with van der Waals surface area (Å²) in [5.41, 5.74) is 2.82. The van der Waals surface area contributed by atoms with Crippen molar-refractivity contribution < 1.29 is 24.3 Å². The van der Waals surface area contributed by atoms with Gasteiger partial charge < -0.3 is 24.4 Å². The molecule has 2 N–H and O–H groups in total. The number of esters is 1. The van der Waals surface area contributed by atoms with Gasteiger partial charge in [0.15, 0.2) is 0 Å². The molecule has 1 aliphatic rings. The first-order chi connectivity index (χ1) is 13.5. The van der Waals surface area contributed by atoms with Crippen LogP contribution in [-0.4, -0.2) is 63.6 Å². The fraction of sp³-hybridized carbons (Fsp3) is 0.409. The van der Waals surface area contributed by atoms with Crippen LogP contribution in [0, 0.1) is 6.92 Å². The van der Waals surface area contributed by atoms with Crippen molar-refractivity contribution in [2.75, 3.05) is 51.3 Å². The van der Waals surface area contributed by atoms with E-state index in [-0.39, 0.29) is 5.97 Å². The number of aliphatic hydroxyl groups excluding tert-OH is 1. The van der Waals surface area contributed by atoms with Gasteiger partial charge in [-0.3, -0.25) is 0 Å². The highest BCUT2D eigenvalue weighted by molar-refractivity contribution is 5.89. The molecule has 2 aromatic rings. The van der Waals surface area contributed by atoms with E-state index in [9.17, 15) is 9.90 Å². The summed E-state index contributed by atoms with van der Waals surface area (Å²) in [5, 5.41) is 10.3. The van der Waals surface area contributed by atoms with E-state index in [1.54, 1.807) is 12.1 Å². The summed E-state index contributed by atoms with van der Waals surface area (Å²) in [6.45, 7) is 6.76. The van der Waals surface area contributed by atoms with Gasteiger partial charge in [0, 0.05) is 5.69 Å². The van der Waals surface area contributed by atoms with Crippen molar-refractivity contribution in [3.63, 3.8) is 0 Å². The van der Waals surface area contributed by atoms with E-state index < -0.39 is 6.10 Å². The number of rotatable bonds is 7. The number of quaternary nitrogens is 1. The van der Waals surface area contributed by atoms with Gasteiger partial charge >= 0.3 is 5.97 Å². The lowest BCUT2D eigenvalue weighted by molar-refractivity contribution is -0.903. The second kappa shape index (κ2) is 9.57. The quantitative estimate of drug-likeness (QED) is 0.695. The number of anilines is 1. The number of ether oxygens (including phenoxy) is 2. The molecule has 1 saturated heterocycles. The zero-order chi connectivity index (χ0) is 19.9. The molecule has 0 amide bonds. The third-order valence-corrected chi connectivity index (χ3v) is 5.08. The molecule has 3 rings (SSSR count). The second-order valence-corrected chi connectivity index (χ2v) is 7.26. The van der Waals surface area contributed by atoms with Gasteiger partial charge in [0.1, 0.15) is 25.0 Å². The van der Waals surface area contributed by atoms with E-state index in [1.165, 1.54) is 12.0 Å². The molecule has 1 fully saturated rings. The van der Waals surface area contributed by atoms with Crippen molar-refractivity contribution in [2.24, 2.45) is 0 Å². The standard InChI is InChI=1S/C22H28N2O4/c1-17-4-3-5-21(14-17)28-16-20(25)15-23-10-12-24(13-11-23)19-8-6-18(7-9-19)22(26)27-2/h3-9,14,20,25H,10-13,15-16H2,1-2H3/p+1/t20-/m0/s1. The van der Waals surface area contributed by atoms with Crippen molar-refractivity contribution in [1.82, 2.24) is 0 Å². The Morgan fingerprint density at radius 2 is 1.89 bits per heavy atom. The van der Waals surface area contributed by atoms with Gasteiger partial charge in [0.05, 0.1) is 38.9 Å². The van der Waals surface area contributed by atoms with Gasteiger partial charge in [0.2, 0.25) is 0 Å². The third-order valence-electron chi connectivity index (χ3n) is 5.08. The van der Waals surface area contributed by atoms with E-state index in [1.807, 2.05) is 43.3 Å². The van der Waals surface area contributed by atoms with E-state index in [4.69, 9.17) is 9.47 Å². The summed E-state index contributed by atoms with van der Waals surface area (Å²) in [6.07, 6.45) is -0.485. The third kappa shape index (κ3) is 5.47. The van der Waals surface area contributed by atoms with Gasteiger partial charge in [-0.1, -0.05) is 12.1 Å². The Balaban J connectivity index is 1.42. The Bertz CT molecular complexity index is 770. The average Bonchev–Trinajstić information content (AvgIpc) is 2.72. The molecule has 0 radical (unpaired) electrons. The lowest BCUT2D eigenvalue weighted by atomic mass is 10.1. The number of hydrogen-bond acceptors (Lipinski definition) is 5. The van der Waals surface area contributed by atoms with E-state index in [2.05, 4.69) is 4.90 Å². The number of nitrogens with zero attached hydrogens (tertiary/aromatic N) is 1. The predicted molar refractivity (Wildman–Crippen MR) is 108 cm³/mol. The number of piperazine rings is 1. The molecular weight excluding hydrogens is 356 g/mol. The zero-order valence-corrected chi connectivity index (χ0v) is 16.6. The summed E-state index contributed by atoms with van der Waals surface area (Å²) in [4.78, 5) is 15.2. The first-order valence-electron chi connectivity index (χ1n) is 9.69. The second-order valence-electron chi connectivity index (χ2n) is 7.26. The van der Waals surface area contributed by atoms with Crippen molar-refractivity contribution in [3.8, 4) is 5.75 Å². The summed E-state index contributed by atoms with van der Waals surface area (Å²) < 4.78 is 10.4. The zero-order valence-electron chi connectivity index (χ0n) is 16.6. The summed E-state index contributed by atoms with van der Waals surface area (Å²) in [6, 6.07) is 15.4. The first kappa shape index (κ1) is 20.2. The van der Waals surface area contributed by atoms with Crippen LogP contribution in [0.5, 0.6) is 5.75 Å². The molecule has 1 aliphatic heterocycles. The Kier molecular flexibility index (Phi) is 6.90. The molecule has 6 nitrogen and oxygen atoms in total. The first-order valence-corrected chi connectivity index (χ1v) is 9.69.